The van der Waals surface area contributed by atoms with Gasteiger partial charge in [0, 0.05) is 10.8 Å². The van der Waals surface area contributed by atoms with Crippen LogP contribution < -0.4 is 0 Å². The molecule has 10 rings (SSSR count). The van der Waals surface area contributed by atoms with Gasteiger partial charge in [0.25, 0.3) is 0 Å². The van der Waals surface area contributed by atoms with Gasteiger partial charge in [0.1, 0.15) is 11.2 Å². The van der Waals surface area contributed by atoms with E-state index in [1.54, 1.807) is 0 Å². The molecular weight excluding hydrogens is 520 g/mol. The van der Waals surface area contributed by atoms with Crippen LogP contribution in [0.15, 0.2) is 150 Å². The number of benzene rings is 9. The Kier molecular flexibility index (Phi) is 4.51. The largest absolute Gasteiger partial charge is 0.456 e. The van der Waals surface area contributed by atoms with Crippen LogP contribution in [0, 0.1) is 0 Å². The molecule has 0 saturated heterocycles. The molecule has 0 saturated carbocycles. The SMILES string of the molecule is c1ccc2cc(-c3cc(-c4ccc5ccc6cccc7ccc4c5c67)cc4oc5cc6ccccc6cc5c34)ccc2c1. The van der Waals surface area contributed by atoms with Gasteiger partial charge in [-0.25, -0.2) is 0 Å². The molecule has 198 valence electrons. The summed E-state index contributed by atoms with van der Waals surface area (Å²) in [5.41, 5.74) is 6.61. The van der Waals surface area contributed by atoms with E-state index in [9.17, 15) is 0 Å². The Morgan fingerprint density at radius 2 is 0.930 bits per heavy atom. The van der Waals surface area contributed by atoms with Crippen LogP contribution in [0.4, 0.5) is 0 Å². The lowest BCUT2D eigenvalue weighted by Gasteiger charge is -2.15. The molecule has 1 heterocycles. The van der Waals surface area contributed by atoms with E-state index in [4.69, 9.17) is 4.42 Å². The zero-order valence-corrected chi connectivity index (χ0v) is 23.3. The second kappa shape index (κ2) is 8.44. The predicted molar refractivity (Wildman–Crippen MR) is 183 cm³/mol. The average molecular weight is 545 g/mol. The van der Waals surface area contributed by atoms with Gasteiger partial charge >= 0.3 is 0 Å². The van der Waals surface area contributed by atoms with E-state index in [1.807, 2.05) is 0 Å². The monoisotopic (exact) mass is 544 g/mol. The molecule has 43 heavy (non-hydrogen) atoms. The number of rotatable bonds is 2. The van der Waals surface area contributed by atoms with Gasteiger partial charge in [0.2, 0.25) is 0 Å². The molecule has 0 radical (unpaired) electrons. The van der Waals surface area contributed by atoms with E-state index in [1.165, 1.54) is 70.6 Å². The lowest BCUT2D eigenvalue weighted by molar-refractivity contribution is 0.669. The minimum absolute atomic E-state index is 0.914. The van der Waals surface area contributed by atoms with Crippen molar-refractivity contribution in [3.05, 3.63) is 146 Å². The average Bonchev–Trinajstić information content (AvgIpc) is 3.42. The standard InChI is InChI=1S/C42H24O/c1-2-7-29-20-32(15-12-25(29)6-1)36-22-33(24-39-42(36)37-21-30-8-3-4-9-31(30)23-38(37)43-39)34-18-16-28-14-13-26-10-5-11-27-17-19-35(34)41(28)40(26)27/h1-24H. The van der Waals surface area contributed by atoms with Crippen molar-refractivity contribution < 1.29 is 4.42 Å². The molecular formula is C42H24O. The summed E-state index contributed by atoms with van der Waals surface area (Å²) in [6.07, 6.45) is 0. The van der Waals surface area contributed by atoms with Crippen molar-refractivity contribution >= 4 is 75.8 Å². The van der Waals surface area contributed by atoms with Crippen LogP contribution in [0.3, 0.4) is 0 Å². The zero-order chi connectivity index (χ0) is 28.1. The third kappa shape index (κ3) is 3.28. The third-order valence-corrected chi connectivity index (χ3v) is 9.34. The van der Waals surface area contributed by atoms with Crippen LogP contribution in [0.5, 0.6) is 0 Å². The minimum atomic E-state index is 0.914. The molecule has 0 unspecified atom stereocenters. The van der Waals surface area contributed by atoms with Crippen molar-refractivity contribution in [3.8, 4) is 22.3 Å². The molecule has 0 amide bonds. The molecule has 1 aromatic heterocycles. The van der Waals surface area contributed by atoms with Crippen LogP contribution in [0.2, 0.25) is 0 Å². The van der Waals surface area contributed by atoms with Gasteiger partial charge < -0.3 is 4.42 Å². The van der Waals surface area contributed by atoms with Gasteiger partial charge in [0.15, 0.2) is 0 Å². The summed E-state index contributed by atoms with van der Waals surface area (Å²) in [7, 11) is 0. The summed E-state index contributed by atoms with van der Waals surface area (Å²) >= 11 is 0. The Bertz CT molecular complexity index is 2710. The fourth-order valence-corrected chi connectivity index (χ4v) is 7.32. The van der Waals surface area contributed by atoms with Crippen LogP contribution in [-0.4, -0.2) is 0 Å². The minimum Gasteiger partial charge on any atom is -0.456 e. The predicted octanol–water partition coefficient (Wildman–Crippen LogP) is 12.1. The summed E-state index contributed by atoms with van der Waals surface area (Å²) in [5.74, 6) is 0. The van der Waals surface area contributed by atoms with Crippen molar-refractivity contribution in [2.24, 2.45) is 0 Å². The molecule has 0 aliphatic carbocycles. The number of hydrogen-bond donors (Lipinski definition) is 0. The normalized spacial score (nSPS) is 12.2. The summed E-state index contributed by atoms with van der Waals surface area (Å²) in [6.45, 7) is 0. The van der Waals surface area contributed by atoms with E-state index < -0.39 is 0 Å². The zero-order valence-electron chi connectivity index (χ0n) is 23.3. The number of hydrogen-bond acceptors (Lipinski definition) is 1. The van der Waals surface area contributed by atoms with Crippen LogP contribution >= 0.6 is 0 Å². The first kappa shape index (κ1) is 23.0. The van der Waals surface area contributed by atoms with E-state index in [2.05, 4.69) is 146 Å². The Balaban J connectivity index is 1.33. The van der Waals surface area contributed by atoms with Crippen LogP contribution in [0.25, 0.3) is 98.1 Å². The van der Waals surface area contributed by atoms with Crippen molar-refractivity contribution in [1.82, 2.24) is 0 Å². The Labute approximate surface area is 247 Å². The maximum absolute atomic E-state index is 6.70. The van der Waals surface area contributed by atoms with Crippen molar-refractivity contribution in [3.63, 3.8) is 0 Å². The molecule has 1 nitrogen and oxygen atoms in total. The topological polar surface area (TPSA) is 13.1 Å². The Morgan fingerprint density at radius 1 is 0.302 bits per heavy atom. The molecule has 10 aromatic rings. The lowest BCUT2D eigenvalue weighted by atomic mass is 9.88. The maximum atomic E-state index is 6.70. The maximum Gasteiger partial charge on any atom is 0.136 e. The number of furan rings is 1. The summed E-state index contributed by atoms with van der Waals surface area (Å²) < 4.78 is 6.70. The third-order valence-electron chi connectivity index (χ3n) is 9.34. The molecule has 0 spiro atoms. The first-order valence-corrected chi connectivity index (χ1v) is 14.8. The highest BCUT2D eigenvalue weighted by Crippen LogP contribution is 2.44. The van der Waals surface area contributed by atoms with Crippen molar-refractivity contribution in [2.75, 3.05) is 0 Å². The highest BCUT2D eigenvalue weighted by atomic mass is 16.3. The second-order valence-corrected chi connectivity index (χ2v) is 11.7. The Hall–Kier alpha value is -5.66. The van der Waals surface area contributed by atoms with Crippen LogP contribution in [-0.2, 0) is 0 Å². The highest BCUT2D eigenvalue weighted by Gasteiger charge is 2.18. The molecule has 0 fully saturated rings. The summed E-state index contributed by atoms with van der Waals surface area (Å²) in [6, 6.07) is 53.2. The second-order valence-electron chi connectivity index (χ2n) is 11.7. The van der Waals surface area contributed by atoms with Gasteiger partial charge in [-0.2, -0.15) is 0 Å². The lowest BCUT2D eigenvalue weighted by Crippen LogP contribution is -1.89. The molecule has 0 bridgehead atoms. The fourth-order valence-electron chi connectivity index (χ4n) is 7.32. The quantitative estimate of drug-likeness (QED) is 0.197. The first-order chi connectivity index (χ1) is 21.3. The van der Waals surface area contributed by atoms with Gasteiger partial charge in [-0.3, -0.25) is 0 Å². The Morgan fingerprint density at radius 3 is 1.74 bits per heavy atom. The van der Waals surface area contributed by atoms with Crippen molar-refractivity contribution in [1.29, 1.82) is 0 Å². The van der Waals surface area contributed by atoms with E-state index in [-0.39, 0.29) is 0 Å². The van der Waals surface area contributed by atoms with E-state index in [0.717, 1.165) is 27.5 Å². The van der Waals surface area contributed by atoms with Crippen LogP contribution in [0.1, 0.15) is 0 Å². The van der Waals surface area contributed by atoms with Gasteiger partial charge in [0.05, 0.1) is 0 Å². The van der Waals surface area contributed by atoms with Gasteiger partial charge in [-0.15, -0.1) is 0 Å². The molecule has 0 atom stereocenters. The van der Waals surface area contributed by atoms with Gasteiger partial charge in [-0.05, 0) is 106 Å². The molecule has 1 heteroatoms. The summed E-state index contributed by atoms with van der Waals surface area (Å²) in [4.78, 5) is 0. The van der Waals surface area contributed by atoms with E-state index >= 15 is 0 Å². The summed E-state index contributed by atoms with van der Waals surface area (Å²) in [5, 5.41) is 15.0. The molecule has 0 N–H and O–H groups in total. The first-order valence-electron chi connectivity index (χ1n) is 14.8. The smallest absolute Gasteiger partial charge is 0.136 e. The van der Waals surface area contributed by atoms with Gasteiger partial charge in [-0.1, -0.05) is 115 Å². The molecule has 9 aromatic carbocycles. The van der Waals surface area contributed by atoms with E-state index in [0.29, 0.717) is 0 Å². The molecule has 0 aliphatic heterocycles. The fraction of sp³-hybridized carbons (Fsp3) is 0. The van der Waals surface area contributed by atoms with Crippen molar-refractivity contribution in [2.45, 2.75) is 0 Å². The highest BCUT2D eigenvalue weighted by molar-refractivity contribution is 6.26. The number of fused-ring (bicyclic) bond motifs is 5. The molecule has 0 aliphatic rings.